The average Bonchev–Trinajstić information content (AvgIpc) is 2.64. The molecular formula is C9H10N4OS. The monoisotopic (exact) mass is 222 g/mol. The molecule has 1 fully saturated rings. The molecule has 5 nitrogen and oxygen atoms in total. The van der Waals surface area contributed by atoms with Crippen molar-refractivity contribution in [1.29, 1.82) is 0 Å². The fourth-order valence-electron chi connectivity index (χ4n) is 1.30. The van der Waals surface area contributed by atoms with E-state index in [0.717, 1.165) is 11.3 Å². The molecule has 0 aliphatic carbocycles. The van der Waals surface area contributed by atoms with Crippen molar-refractivity contribution in [3.05, 3.63) is 23.2 Å². The number of aryl methyl sites for hydroxylation is 1. The van der Waals surface area contributed by atoms with Crippen molar-refractivity contribution in [2.75, 3.05) is 0 Å². The second-order valence-corrected chi connectivity index (χ2v) is 3.68. The van der Waals surface area contributed by atoms with Crippen molar-refractivity contribution < 1.29 is 4.79 Å². The van der Waals surface area contributed by atoms with E-state index in [9.17, 15) is 4.79 Å². The van der Waals surface area contributed by atoms with Crippen molar-refractivity contribution in [2.45, 2.75) is 6.92 Å². The quantitative estimate of drug-likeness (QED) is 0.521. The maximum absolute atomic E-state index is 11.4. The number of hydrogen-bond donors (Lipinski definition) is 2. The van der Waals surface area contributed by atoms with E-state index < -0.39 is 0 Å². The van der Waals surface area contributed by atoms with E-state index in [0.29, 0.717) is 10.8 Å². The largest absolute Gasteiger partial charge is 0.328 e. The zero-order valence-electron chi connectivity index (χ0n) is 8.37. The van der Waals surface area contributed by atoms with Gasteiger partial charge in [-0.3, -0.25) is 14.8 Å². The van der Waals surface area contributed by atoms with Crippen LogP contribution in [0.25, 0.3) is 6.08 Å². The summed E-state index contributed by atoms with van der Waals surface area (Å²) in [5.41, 5.74) is 2.35. The standard InChI is InChI=1S/C9H10N4OS/c1-5-6(4-10-13(5)2)3-7-8(14)12-9(15)11-7/h3-4H,1-2H3,(H2,11,12,14,15)/b7-3-. The molecule has 1 aromatic rings. The first-order valence-corrected chi connectivity index (χ1v) is 4.81. The van der Waals surface area contributed by atoms with Crippen LogP contribution in [0.5, 0.6) is 0 Å². The van der Waals surface area contributed by atoms with Gasteiger partial charge in [0.2, 0.25) is 0 Å². The summed E-state index contributed by atoms with van der Waals surface area (Å²) in [6.45, 7) is 1.94. The molecule has 0 spiro atoms. The number of nitrogens with one attached hydrogen (secondary N) is 2. The van der Waals surface area contributed by atoms with Crippen LogP contribution in [0, 0.1) is 6.92 Å². The van der Waals surface area contributed by atoms with Crippen molar-refractivity contribution in [2.24, 2.45) is 7.05 Å². The molecule has 2 heterocycles. The second kappa shape index (κ2) is 3.47. The first-order valence-electron chi connectivity index (χ1n) is 4.40. The van der Waals surface area contributed by atoms with E-state index in [4.69, 9.17) is 12.2 Å². The minimum Gasteiger partial charge on any atom is -0.328 e. The fourth-order valence-corrected chi connectivity index (χ4v) is 1.50. The Hall–Kier alpha value is -1.69. The van der Waals surface area contributed by atoms with Gasteiger partial charge in [-0.2, -0.15) is 5.10 Å². The van der Waals surface area contributed by atoms with Crippen LogP contribution in [0.3, 0.4) is 0 Å². The Morgan fingerprint density at radius 1 is 1.53 bits per heavy atom. The topological polar surface area (TPSA) is 58.9 Å². The molecule has 1 aromatic heterocycles. The number of carbonyl (C=O) groups excluding carboxylic acids is 1. The lowest BCUT2D eigenvalue weighted by Crippen LogP contribution is -2.21. The summed E-state index contributed by atoms with van der Waals surface area (Å²) in [6, 6.07) is 0. The minimum absolute atomic E-state index is 0.205. The maximum atomic E-state index is 11.4. The molecule has 2 rings (SSSR count). The number of thiocarbonyl (C=S) groups is 1. The molecule has 6 heteroatoms. The molecule has 1 aliphatic rings. The summed E-state index contributed by atoms with van der Waals surface area (Å²) in [6.07, 6.45) is 3.44. The van der Waals surface area contributed by atoms with Crippen molar-refractivity contribution in [3.8, 4) is 0 Å². The Balaban J connectivity index is 2.35. The first kappa shape index (κ1) is 9.85. The van der Waals surface area contributed by atoms with Gasteiger partial charge < -0.3 is 5.32 Å². The van der Waals surface area contributed by atoms with Crippen LogP contribution in [0.2, 0.25) is 0 Å². The van der Waals surface area contributed by atoms with E-state index in [1.165, 1.54) is 0 Å². The highest BCUT2D eigenvalue weighted by atomic mass is 32.1. The van der Waals surface area contributed by atoms with Crippen LogP contribution < -0.4 is 10.6 Å². The number of aromatic nitrogens is 2. The highest BCUT2D eigenvalue weighted by Gasteiger charge is 2.20. The summed E-state index contributed by atoms with van der Waals surface area (Å²) < 4.78 is 1.75. The molecule has 15 heavy (non-hydrogen) atoms. The van der Waals surface area contributed by atoms with E-state index in [2.05, 4.69) is 15.7 Å². The summed E-state index contributed by atoms with van der Waals surface area (Å²) in [5, 5.41) is 9.71. The summed E-state index contributed by atoms with van der Waals surface area (Å²) >= 11 is 4.82. The molecule has 0 aromatic carbocycles. The Kier molecular flexibility index (Phi) is 2.28. The molecule has 1 aliphatic heterocycles. The summed E-state index contributed by atoms with van der Waals surface area (Å²) in [7, 11) is 1.85. The van der Waals surface area contributed by atoms with Crippen LogP contribution in [0.15, 0.2) is 11.9 Å². The van der Waals surface area contributed by atoms with Crippen LogP contribution in [0.4, 0.5) is 0 Å². The highest BCUT2D eigenvalue weighted by Crippen LogP contribution is 2.11. The number of rotatable bonds is 1. The Morgan fingerprint density at radius 3 is 2.73 bits per heavy atom. The average molecular weight is 222 g/mol. The Labute approximate surface area is 92.2 Å². The number of carbonyl (C=O) groups is 1. The number of hydrogen-bond acceptors (Lipinski definition) is 3. The van der Waals surface area contributed by atoms with Crippen molar-refractivity contribution in [3.63, 3.8) is 0 Å². The summed E-state index contributed by atoms with van der Waals surface area (Å²) in [4.78, 5) is 11.4. The van der Waals surface area contributed by atoms with Crippen LogP contribution in [-0.4, -0.2) is 20.8 Å². The van der Waals surface area contributed by atoms with E-state index in [-0.39, 0.29) is 5.91 Å². The van der Waals surface area contributed by atoms with Gasteiger partial charge in [0.1, 0.15) is 5.70 Å². The van der Waals surface area contributed by atoms with Crippen LogP contribution in [-0.2, 0) is 11.8 Å². The normalized spacial score (nSPS) is 18.1. The third kappa shape index (κ3) is 1.75. The molecule has 1 saturated heterocycles. The van der Waals surface area contributed by atoms with Crippen molar-refractivity contribution >= 4 is 29.3 Å². The van der Waals surface area contributed by atoms with Crippen molar-refractivity contribution in [1.82, 2.24) is 20.4 Å². The lowest BCUT2D eigenvalue weighted by atomic mass is 10.2. The van der Waals surface area contributed by atoms with E-state index >= 15 is 0 Å². The zero-order valence-corrected chi connectivity index (χ0v) is 9.18. The molecule has 1 amide bonds. The van der Waals surface area contributed by atoms with Gasteiger partial charge in [-0.1, -0.05) is 0 Å². The third-order valence-corrected chi connectivity index (χ3v) is 2.50. The minimum atomic E-state index is -0.205. The lowest BCUT2D eigenvalue weighted by Gasteiger charge is -1.96. The molecule has 0 radical (unpaired) electrons. The summed E-state index contributed by atoms with van der Waals surface area (Å²) in [5.74, 6) is -0.205. The number of amides is 1. The van der Waals surface area contributed by atoms with Gasteiger partial charge in [-0.25, -0.2) is 0 Å². The molecule has 0 unspecified atom stereocenters. The van der Waals surface area contributed by atoms with Gasteiger partial charge in [0.05, 0.1) is 6.20 Å². The van der Waals surface area contributed by atoms with Gasteiger partial charge in [-0.15, -0.1) is 0 Å². The number of nitrogens with zero attached hydrogens (tertiary/aromatic N) is 2. The predicted octanol–water partition coefficient (Wildman–Crippen LogP) is 0.0737. The molecule has 0 bridgehead atoms. The van der Waals surface area contributed by atoms with Crippen LogP contribution >= 0.6 is 12.2 Å². The van der Waals surface area contributed by atoms with E-state index in [1.807, 2.05) is 14.0 Å². The van der Waals surface area contributed by atoms with Crippen LogP contribution in [0.1, 0.15) is 11.3 Å². The fraction of sp³-hybridized carbons (Fsp3) is 0.222. The highest BCUT2D eigenvalue weighted by molar-refractivity contribution is 7.80. The lowest BCUT2D eigenvalue weighted by molar-refractivity contribution is -0.115. The molecule has 0 saturated carbocycles. The third-order valence-electron chi connectivity index (χ3n) is 2.29. The molecular weight excluding hydrogens is 212 g/mol. The van der Waals surface area contributed by atoms with E-state index in [1.54, 1.807) is 17.0 Å². The van der Waals surface area contributed by atoms with Gasteiger partial charge >= 0.3 is 0 Å². The van der Waals surface area contributed by atoms with Gasteiger partial charge in [0.15, 0.2) is 5.11 Å². The molecule has 2 N–H and O–H groups in total. The molecule has 78 valence electrons. The van der Waals surface area contributed by atoms with Gasteiger partial charge in [0, 0.05) is 18.3 Å². The van der Waals surface area contributed by atoms with Gasteiger partial charge in [0.25, 0.3) is 5.91 Å². The first-order chi connectivity index (χ1) is 7.08. The second-order valence-electron chi connectivity index (χ2n) is 3.28. The predicted molar refractivity (Wildman–Crippen MR) is 59.8 cm³/mol. The smallest absolute Gasteiger partial charge is 0.273 e. The molecule has 0 atom stereocenters. The van der Waals surface area contributed by atoms with Gasteiger partial charge in [-0.05, 0) is 25.2 Å². The Morgan fingerprint density at radius 2 is 2.27 bits per heavy atom. The SMILES string of the molecule is Cc1c(/C=C2\NC(=S)NC2=O)cnn1C. The maximum Gasteiger partial charge on any atom is 0.273 e. The zero-order chi connectivity index (χ0) is 11.0. The Bertz CT molecular complexity index is 474.